The number of aromatic nitrogens is 7. The van der Waals surface area contributed by atoms with Crippen molar-refractivity contribution in [3.05, 3.63) is 145 Å². The Morgan fingerprint density at radius 2 is 0.745 bits per heavy atom. The largest absolute Gasteiger partial charge is 0.627 e. The second-order valence-corrected chi connectivity index (χ2v) is 15.5. The number of hydrogen-bond donors (Lipinski definition) is 4. The van der Waals surface area contributed by atoms with Crippen molar-refractivity contribution in [3.63, 3.8) is 0 Å². The van der Waals surface area contributed by atoms with Crippen molar-refractivity contribution < 1.29 is 28.4 Å². The summed E-state index contributed by atoms with van der Waals surface area (Å²) >= 11 is 0. The fourth-order valence-corrected chi connectivity index (χ4v) is 7.78. The molecule has 10 nitrogen and oxygen atoms in total. The number of benzene rings is 1. The Morgan fingerprint density at radius 3 is 1.11 bits per heavy atom. The van der Waals surface area contributed by atoms with Gasteiger partial charge in [0.25, 0.3) is 7.94 Å². The Balaban J connectivity index is 1.45. The van der Waals surface area contributed by atoms with Crippen molar-refractivity contribution in [1.82, 2.24) is 19.9 Å². The van der Waals surface area contributed by atoms with Gasteiger partial charge in [-0.05, 0) is 83.0 Å². The van der Waals surface area contributed by atoms with Crippen LogP contribution in [0.5, 0.6) is 0 Å². The summed E-state index contributed by atoms with van der Waals surface area (Å²) in [5, 5.41) is -0.0399. The molecular weight excluding hydrogens is 706 g/mol. The molecule has 9 rings (SSSR count). The first-order valence-corrected chi connectivity index (χ1v) is 19.4. The van der Waals surface area contributed by atoms with Crippen LogP contribution in [0.1, 0.15) is 22.8 Å². The first-order valence-electron chi connectivity index (χ1n) is 17.8. The molecule has 2 aliphatic heterocycles. The summed E-state index contributed by atoms with van der Waals surface area (Å²) in [4.78, 5) is 50.0. The summed E-state index contributed by atoms with van der Waals surface area (Å²) in [6, 6.07) is 27.2. The summed E-state index contributed by atoms with van der Waals surface area (Å²) in [6.45, 7) is 0. The highest BCUT2D eigenvalue weighted by atomic mass is 31.2. The highest BCUT2D eigenvalue weighted by molar-refractivity contribution is 7.65. The van der Waals surface area contributed by atoms with Crippen molar-refractivity contribution >= 4 is 59.6 Å². The van der Waals surface area contributed by atoms with Gasteiger partial charge in [0.05, 0.1) is 22.8 Å². The van der Waals surface area contributed by atoms with E-state index >= 15 is 0 Å². The van der Waals surface area contributed by atoms with Gasteiger partial charge in [0, 0.05) is 80.7 Å². The highest BCUT2D eigenvalue weighted by Crippen LogP contribution is 2.40. The quantitative estimate of drug-likeness (QED) is 0.136. The van der Waals surface area contributed by atoms with E-state index < -0.39 is 7.94 Å². The van der Waals surface area contributed by atoms with Crippen LogP contribution >= 0.6 is 7.94 Å². The SMILES string of the molecule is C[n+]1ccc(-c2c3nc(c(-c4cc[n+](C)cc4)c4ccc([nH]4)c(-c4ccc([P+]([O-])(O)O)cc4)c4ccc([nH]4)c(-c4cc[n+](C)cc4)c4nc2C=C4)C=C3)cc1. The first-order chi connectivity index (χ1) is 26.6. The zero-order valence-electron chi connectivity index (χ0n) is 30.3. The van der Waals surface area contributed by atoms with E-state index in [9.17, 15) is 14.7 Å². The molecule has 55 heavy (non-hydrogen) atoms. The third-order valence-electron chi connectivity index (χ3n) is 10.0. The molecule has 268 valence electrons. The van der Waals surface area contributed by atoms with Crippen LogP contribution in [0.15, 0.2) is 122 Å². The maximum Gasteiger partial charge on any atom is 0.263 e. The summed E-state index contributed by atoms with van der Waals surface area (Å²) in [5.41, 5.74) is 13.9. The van der Waals surface area contributed by atoms with Crippen molar-refractivity contribution in [3.8, 4) is 44.5 Å². The van der Waals surface area contributed by atoms with Gasteiger partial charge in [-0.2, -0.15) is 0 Å². The number of hydrogen-bond acceptors (Lipinski definition) is 5. The van der Waals surface area contributed by atoms with E-state index in [1.807, 2.05) is 84.2 Å². The Morgan fingerprint density at radius 1 is 0.436 bits per heavy atom. The summed E-state index contributed by atoms with van der Waals surface area (Å²) < 4.78 is 6.01. The zero-order valence-corrected chi connectivity index (χ0v) is 31.2. The number of fused-ring (bicyclic) bond motifs is 8. The minimum atomic E-state index is -4.44. The van der Waals surface area contributed by atoms with Crippen molar-refractivity contribution in [2.75, 3.05) is 0 Å². The average Bonchev–Trinajstić information content (AvgIpc) is 4.01. The average molecular weight is 743 g/mol. The molecule has 0 unspecified atom stereocenters. The standard InChI is InChI=1S/C44H34N7O3P/c1-49-22-16-29(17-23-49)42-35-10-8-33(45-35)41(28-4-6-32(7-5-28)55(52,53)54)34-9-11-36(46-34)43(30-18-24-50(2)25-19-30)38-13-15-40(48-38)44(39-14-12-37(42)47-39)31-20-26-51(3)27-21-31/h4-27H,1-3H3,(H-2,45,46,47,48,52,53,54)/p+3. The van der Waals surface area contributed by atoms with Gasteiger partial charge >= 0.3 is 0 Å². The maximum atomic E-state index is 12.1. The van der Waals surface area contributed by atoms with E-state index in [4.69, 9.17) is 9.97 Å². The van der Waals surface area contributed by atoms with E-state index in [0.29, 0.717) is 0 Å². The molecule has 8 bridgehead atoms. The minimum absolute atomic E-state index is 0.0399. The predicted molar refractivity (Wildman–Crippen MR) is 215 cm³/mol. The Labute approximate surface area is 317 Å². The van der Waals surface area contributed by atoms with E-state index in [1.165, 1.54) is 12.1 Å². The highest BCUT2D eigenvalue weighted by Gasteiger charge is 2.23. The molecule has 11 heteroatoms. The van der Waals surface area contributed by atoms with Crippen molar-refractivity contribution in [2.24, 2.45) is 21.1 Å². The lowest BCUT2D eigenvalue weighted by Crippen LogP contribution is -2.25. The smallest absolute Gasteiger partial charge is 0.263 e. The summed E-state index contributed by atoms with van der Waals surface area (Å²) in [5.74, 6) is 0. The number of nitrogens with zero attached hydrogens (tertiary/aromatic N) is 5. The number of aromatic amines is 2. The van der Waals surface area contributed by atoms with Crippen LogP contribution < -0.4 is 23.9 Å². The van der Waals surface area contributed by atoms with Crippen LogP contribution in [0.3, 0.4) is 0 Å². The Hall–Kier alpha value is -6.42. The predicted octanol–water partition coefficient (Wildman–Crippen LogP) is 5.53. The fraction of sp³-hybridized carbons (Fsp3) is 0.0682. The van der Waals surface area contributed by atoms with Gasteiger partial charge < -0.3 is 14.9 Å². The second kappa shape index (κ2) is 13.5. The van der Waals surface area contributed by atoms with E-state index in [1.54, 1.807) is 12.1 Å². The lowest BCUT2D eigenvalue weighted by Gasteiger charge is -2.14. The van der Waals surface area contributed by atoms with Gasteiger partial charge in [0.1, 0.15) is 26.4 Å². The molecule has 8 heterocycles. The van der Waals surface area contributed by atoms with Crippen molar-refractivity contribution in [1.29, 1.82) is 0 Å². The first kappa shape index (κ1) is 34.4. The molecule has 0 fully saturated rings. The third-order valence-corrected chi connectivity index (χ3v) is 11.0. The van der Waals surface area contributed by atoms with Gasteiger partial charge in [0.2, 0.25) is 0 Å². The molecule has 0 saturated heterocycles. The lowest BCUT2D eigenvalue weighted by atomic mass is 10.0. The zero-order chi connectivity index (χ0) is 37.8. The molecule has 0 atom stereocenters. The summed E-state index contributed by atoms with van der Waals surface area (Å²) in [6.07, 6.45) is 20.4. The van der Waals surface area contributed by atoms with E-state index in [0.717, 1.165) is 89.4 Å². The molecule has 4 N–H and O–H groups in total. The molecule has 7 aromatic rings. The fourth-order valence-electron chi connectivity index (χ4n) is 7.25. The van der Waals surface area contributed by atoms with Crippen molar-refractivity contribution in [2.45, 2.75) is 0 Å². The van der Waals surface area contributed by atoms with E-state index in [2.05, 4.69) is 82.8 Å². The van der Waals surface area contributed by atoms with Gasteiger partial charge in [-0.15, -0.1) is 0 Å². The molecule has 6 aromatic heterocycles. The number of pyridine rings is 3. The molecule has 0 amide bonds. The van der Waals surface area contributed by atoms with E-state index in [-0.39, 0.29) is 5.30 Å². The molecule has 1 aromatic carbocycles. The molecule has 0 saturated carbocycles. The summed E-state index contributed by atoms with van der Waals surface area (Å²) in [7, 11) is 1.55. The third kappa shape index (κ3) is 6.47. The van der Waals surface area contributed by atoms with Gasteiger partial charge in [-0.3, -0.25) is 0 Å². The lowest BCUT2D eigenvalue weighted by molar-refractivity contribution is -0.671. The molecular formula is C44H37N7O3P+3. The number of H-pyrrole nitrogens is 2. The molecule has 0 radical (unpaired) electrons. The maximum absolute atomic E-state index is 12.1. The Bertz CT molecular complexity index is 2710. The van der Waals surface area contributed by atoms with Crippen LogP contribution in [0.4, 0.5) is 0 Å². The monoisotopic (exact) mass is 742 g/mol. The number of nitrogens with one attached hydrogen (secondary N) is 2. The molecule has 2 aliphatic rings. The topological polar surface area (TPSA) is 133 Å². The Kier molecular flexibility index (Phi) is 8.41. The van der Waals surface area contributed by atoms with Gasteiger partial charge in [-0.1, -0.05) is 12.1 Å². The van der Waals surface area contributed by atoms with Crippen LogP contribution in [-0.2, 0) is 21.1 Å². The normalized spacial score (nSPS) is 12.4. The molecule has 0 spiro atoms. The minimum Gasteiger partial charge on any atom is -0.627 e. The number of aryl methyl sites for hydroxylation is 3. The second-order valence-electron chi connectivity index (χ2n) is 13.9. The van der Waals surface area contributed by atoms with Gasteiger partial charge in [0.15, 0.2) is 37.2 Å². The van der Waals surface area contributed by atoms with Crippen LogP contribution in [-0.4, -0.2) is 29.7 Å². The number of rotatable bonds is 5. The van der Waals surface area contributed by atoms with Crippen LogP contribution in [0.25, 0.3) is 90.9 Å². The van der Waals surface area contributed by atoms with Gasteiger partial charge in [-0.25, -0.2) is 33.5 Å². The molecule has 0 aliphatic carbocycles. The van der Waals surface area contributed by atoms with Crippen LogP contribution in [0, 0.1) is 0 Å². The van der Waals surface area contributed by atoms with Crippen LogP contribution in [0.2, 0.25) is 0 Å².